The molecule has 0 bridgehead atoms. The Morgan fingerprint density at radius 1 is 1.47 bits per heavy atom. The van der Waals surface area contributed by atoms with Crippen LogP contribution in [0.3, 0.4) is 0 Å². The minimum atomic E-state index is -3.97. The van der Waals surface area contributed by atoms with Gasteiger partial charge in [-0.05, 0) is 31.1 Å². The standard InChI is InChI=1S/C10H16O3S.H2O/c1-7-4-5-8-9(2,3)10(8,6-7)14(11,12)13;/h6,8H,4-5H2,1-3H3,(H,11,12,13);1H2. The van der Waals surface area contributed by atoms with Crippen LogP contribution in [0.15, 0.2) is 11.6 Å². The Morgan fingerprint density at radius 2 is 2.00 bits per heavy atom. The van der Waals surface area contributed by atoms with E-state index in [0.717, 1.165) is 18.4 Å². The SMILES string of the molecule is CC1=CC2(S(=O)(=O)O)C(CC1)C2(C)C.O. The fourth-order valence-corrected chi connectivity index (χ4v) is 4.99. The summed E-state index contributed by atoms with van der Waals surface area (Å²) in [6, 6.07) is 0. The Balaban J connectivity index is 0.00000112. The van der Waals surface area contributed by atoms with E-state index in [4.69, 9.17) is 0 Å². The first-order valence-corrected chi connectivity index (χ1v) is 6.33. The molecular formula is C10H18O4S. The van der Waals surface area contributed by atoms with Gasteiger partial charge in [0.1, 0.15) is 4.75 Å². The van der Waals surface area contributed by atoms with Gasteiger partial charge in [0.15, 0.2) is 0 Å². The third-order valence-corrected chi connectivity index (χ3v) is 5.81. The van der Waals surface area contributed by atoms with Gasteiger partial charge in [0, 0.05) is 0 Å². The number of allylic oxidation sites excluding steroid dienone is 1. The van der Waals surface area contributed by atoms with E-state index in [1.807, 2.05) is 20.8 Å². The molecule has 15 heavy (non-hydrogen) atoms. The topological polar surface area (TPSA) is 85.9 Å². The van der Waals surface area contributed by atoms with E-state index in [0.29, 0.717) is 0 Å². The third kappa shape index (κ3) is 1.30. The maximum atomic E-state index is 11.4. The van der Waals surface area contributed by atoms with Crippen LogP contribution in [0, 0.1) is 11.3 Å². The minimum absolute atomic E-state index is 0. The Hall–Kier alpha value is -0.390. The van der Waals surface area contributed by atoms with Crippen molar-refractivity contribution < 1.29 is 18.4 Å². The molecule has 2 unspecified atom stereocenters. The van der Waals surface area contributed by atoms with Crippen LogP contribution in [0.25, 0.3) is 0 Å². The Labute approximate surface area is 90.4 Å². The van der Waals surface area contributed by atoms with Crippen LogP contribution in [0.4, 0.5) is 0 Å². The van der Waals surface area contributed by atoms with Crippen LogP contribution >= 0.6 is 0 Å². The van der Waals surface area contributed by atoms with Crippen molar-refractivity contribution in [2.24, 2.45) is 11.3 Å². The van der Waals surface area contributed by atoms with Crippen LogP contribution in [0.2, 0.25) is 0 Å². The highest BCUT2D eigenvalue weighted by molar-refractivity contribution is 7.87. The maximum absolute atomic E-state index is 11.4. The Kier molecular flexibility index (Phi) is 2.58. The van der Waals surface area contributed by atoms with E-state index in [2.05, 4.69) is 0 Å². The van der Waals surface area contributed by atoms with E-state index < -0.39 is 14.9 Å². The summed E-state index contributed by atoms with van der Waals surface area (Å²) in [4.78, 5) is 0. The van der Waals surface area contributed by atoms with Crippen molar-refractivity contribution in [2.75, 3.05) is 0 Å². The molecule has 2 rings (SSSR count). The molecule has 0 heterocycles. The molecule has 0 radical (unpaired) electrons. The molecule has 1 fully saturated rings. The van der Waals surface area contributed by atoms with Gasteiger partial charge in [0.05, 0.1) is 0 Å². The number of hydrogen-bond acceptors (Lipinski definition) is 2. The molecule has 0 aromatic carbocycles. The Morgan fingerprint density at radius 3 is 2.40 bits per heavy atom. The first kappa shape index (κ1) is 12.7. The zero-order chi connectivity index (χ0) is 10.8. The lowest BCUT2D eigenvalue weighted by molar-refractivity contribution is 0.457. The number of hydrogen-bond donors (Lipinski definition) is 1. The van der Waals surface area contributed by atoms with Gasteiger partial charge in [-0.3, -0.25) is 4.55 Å². The highest BCUT2D eigenvalue weighted by Crippen LogP contribution is 2.70. The van der Waals surface area contributed by atoms with Gasteiger partial charge in [-0.25, -0.2) is 0 Å². The lowest BCUT2D eigenvalue weighted by atomic mass is 10.0. The van der Waals surface area contributed by atoms with Gasteiger partial charge in [-0.15, -0.1) is 0 Å². The molecule has 0 aliphatic heterocycles. The fraction of sp³-hybridized carbons (Fsp3) is 0.800. The minimum Gasteiger partial charge on any atom is -0.412 e. The van der Waals surface area contributed by atoms with Crippen LogP contribution < -0.4 is 0 Å². The molecule has 1 saturated carbocycles. The van der Waals surface area contributed by atoms with E-state index in [9.17, 15) is 13.0 Å². The number of fused-ring (bicyclic) bond motifs is 1. The highest BCUT2D eigenvalue weighted by atomic mass is 32.2. The van der Waals surface area contributed by atoms with Crippen molar-refractivity contribution in [3.63, 3.8) is 0 Å². The van der Waals surface area contributed by atoms with Gasteiger partial charge < -0.3 is 5.48 Å². The van der Waals surface area contributed by atoms with Crippen LogP contribution in [-0.2, 0) is 10.1 Å². The summed E-state index contributed by atoms with van der Waals surface area (Å²) < 4.78 is 31.2. The summed E-state index contributed by atoms with van der Waals surface area (Å²) in [7, 11) is -3.97. The summed E-state index contributed by atoms with van der Waals surface area (Å²) in [5.41, 5.74) is 0.766. The smallest absolute Gasteiger partial charge is 0.275 e. The van der Waals surface area contributed by atoms with Crippen LogP contribution in [0.5, 0.6) is 0 Å². The lowest BCUT2D eigenvalue weighted by Crippen LogP contribution is -2.28. The summed E-state index contributed by atoms with van der Waals surface area (Å²) >= 11 is 0. The summed E-state index contributed by atoms with van der Waals surface area (Å²) in [5, 5.41) is 0. The van der Waals surface area contributed by atoms with E-state index in [-0.39, 0.29) is 16.8 Å². The van der Waals surface area contributed by atoms with Crippen molar-refractivity contribution in [1.29, 1.82) is 0 Å². The van der Waals surface area contributed by atoms with Crippen molar-refractivity contribution in [3.8, 4) is 0 Å². The monoisotopic (exact) mass is 234 g/mol. The summed E-state index contributed by atoms with van der Waals surface area (Å²) in [6.07, 6.45) is 3.58. The van der Waals surface area contributed by atoms with Crippen molar-refractivity contribution in [2.45, 2.75) is 38.4 Å². The van der Waals surface area contributed by atoms with Crippen LogP contribution in [0.1, 0.15) is 33.6 Å². The van der Waals surface area contributed by atoms with Gasteiger partial charge in [0.2, 0.25) is 0 Å². The van der Waals surface area contributed by atoms with Crippen molar-refractivity contribution in [1.82, 2.24) is 0 Å². The molecule has 3 N–H and O–H groups in total. The molecule has 2 aliphatic carbocycles. The predicted octanol–water partition coefficient (Wildman–Crippen LogP) is 1.18. The van der Waals surface area contributed by atoms with Gasteiger partial charge >= 0.3 is 0 Å². The molecule has 2 aliphatic rings. The second-order valence-corrected chi connectivity index (χ2v) is 6.70. The molecule has 0 aromatic heterocycles. The van der Waals surface area contributed by atoms with Crippen LogP contribution in [-0.4, -0.2) is 23.2 Å². The summed E-state index contributed by atoms with van der Waals surface area (Å²) in [6.45, 7) is 5.76. The second-order valence-electron chi connectivity index (χ2n) is 5.07. The van der Waals surface area contributed by atoms with Crippen molar-refractivity contribution in [3.05, 3.63) is 11.6 Å². The van der Waals surface area contributed by atoms with E-state index in [1.165, 1.54) is 0 Å². The molecule has 2 atom stereocenters. The van der Waals surface area contributed by atoms with Gasteiger partial charge in [-0.1, -0.05) is 25.5 Å². The first-order valence-electron chi connectivity index (χ1n) is 4.89. The first-order chi connectivity index (χ1) is 6.23. The molecule has 4 nitrogen and oxygen atoms in total. The predicted molar refractivity (Wildman–Crippen MR) is 58.2 cm³/mol. The second kappa shape index (κ2) is 3.06. The molecule has 0 spiro atoms. The van der Waals surface area contributed by atoms with Crippen molar-refractivity contribution >= 4 is 10.1 Å². The average Bonchev–Trinajstić information content (AvgIpc) is 2.48. The number of rotatable bonds is 1. The zero-order valence-corrected chi connectivity index (χ0v) is 10.1. The largest absolute Gasteiger partial charge is 0.412 e. The van der Waals surface area contributed by atoms with E-state index >= 15 is 0 Å². The molecule has 0 aromatic rings. The van der Waals surface area contributed by atoms with Gasteiger partial charge in [0.25, 0.3) is 10.1 Å². The molecule has 88 valence electrons. The lowest BCUT2D eigenvalue weighted by Gasteiger charge is -2.17. The third-order valence-electron chi connectivity index (χ3n) is 4.03. The molecular weight excluding hydrogens is 216 g/mol. The normalized spacial score (nSPS) is 37.3. The maximum Gasteiger partial charge on any atom is 0.275 e. The quantitative estimate of drug-likeness (QED) is 0.546. The summed E-state index contributed by atoms with van der Waals surface area (Å²) in [5.74, 6) is 0.0914. The molecule has 5 heteroatoms. The Bertz CT molecular complexity index is 407. The zero-order valence-electron chi connectivity index (χ0n) is 9.24. The average molecular weight is 234 g/mol. The van der Waals surface area contributed by atoms with E-state index in [1.54, 1.807) is 6.08 Å². The molecule has 0 amide bonds. The fourth-order valence-electron chi connectivity index (χ4n) is 3.12. The highest BCUT2D eigenvalue weighted by Gasteiger charge is 2.77. The molecule has 0 saturated heterocycles. The van der Waals surface area contributed by atoms with Gasteiger partial charge in [-0.2, -0.15) is 8.42 Å².